The number of halogens is 1. The number of nitrogens with zero attached hydrogens (tertiary/aromatic N) is 1. The molecule has 0 spiro atoms. The van der Waals surface area contributed by atoms with Gasteiger partial charge in [-0.05, 0) is 6.07 Å². The summed E-state index contributed by atoms with van der Waals surface area (Å²) in [4.78, 5) is 10.0. The number of benzene rings is 1. The van der Waals surface area contributed by atoms with Gasteiger partial charge in [0.25, 0.3) is 0 Å². The summed E-state index contributed by atoms with van der Waals surface area (Å²) < 4.78 is 5.08. The Morgan fingerprint density at radius 1 is 1.57 bits per heavy atom. The second-order valence-electron chi connectivity index (χ2n) is 2.51. The summed E-state index contributed by atoms with van der Waals surface area (Å²) in [7, 11) is 0. The van der Waals surface area contributed by atoms with E-state index in [4.69, 9.17) is 22.1 Å². The highest BCUT2D eigenvalue weighted by Gasteiger charge is 2.14. The zero-order valence-corrected chi connectivity index (χ0v) is 8.03. The second kappa shape index (κ2) is 4.78. The molecule has 0 amide bonds. The molecule has 0 aliphatic rings. The lowest BCUT2D eigenvalue weighted by Gasteiger charge is -2.04. The fourth-order valence-electron chi connectivity index (χ4n) is 0.923. The highest BCUT2D eigenvalue weighted by molar-refractivity contribution is 6.30. The first kappa shape index (κ1) is 10.7. The lowest BCUT2D eigenvalue weighted by atomic mass is 10.3. The van der Waals surface area contributed by atoms with Gasteiger partial charge in [-0.25, -0.2) is 0 Å². The molecule has 0 saturated heterocycles. The second-order valence-corrected chi connectivity index (χ2v) is 2.94. The maximum Gasteiger partial charge on any atom is 0.311 e. The Bertz CT molecular complexity index is 343. The summed E-state index contributed by atoms with van der Waals surface area (Å²) in [5.74, 6) is 0.146. The third kappa shape index (κ3) is 2.58. The van der Waals surface area contributed by atoms with Crippen molar-refractivity contribution < 1.29 is 9.66 Å². The van der Waals surface area contributed by atoms with Crippen molar-refractivity contribution >= 4 is 17.3 Å². The summed E-state index contributed by atoms with van der Waals surface area (Å²) in [6.07, 6.45) is 0. The molecule has 0 bridgehead atoms. The number of nitro groups is 1. The van der Waals surface area contributed by atoms with Crippen molar-refractivity contribution in [3.8, 4) is 5.75 Å². The fraction of sp³-hybridized carbons (Fsp3) is 0.250. The minimum absolute atomic E-state index is 0.108. The van der Waals surface area contributed by atoms with Gasteiger partial charge in [-0.2, -0.15) is 0 Å². The third-order valence-electron chi connectivity index (χ3n) is 1.49. The van der Waals surface area contributed by atoms with Gasteiger partial charge in [-0.15, -0.1) is 0 Å². The largest absolute Gasteiger partial charge is 0.485 e. The van der Waals surface area contributed by atoms with Crippen molar-refractivity contribution in [2.24, 2.45) is 5.73 Å². The Balaban J connectivity index is 2.97. The molecule has 0 radical (unpaired) electrons. The van der Waals surface area contributed by atoms with Crippen molar-refractivity contribution in [3.63, 3.8) is 0 Å². The Morgan fingerprint density at radius 3 is 2.86 bits per heavy atom. The van der Waals surface area contributed by atoms with Crippen molar-refractivity contribution in [1.82, 2.24) is 0 Å². The van der Waals surface area contributed by atoms with Crippen LogP contribution in [0.4, 0.5) is 5.69 Å². The molecule has 14 heavy (non-hydrogen) atoms. The number of hydrogen-bond acceptors (Lipinski definition) is 4. The predicted molar refractivity (Wildman–Crippen MR) is 52.7 cm³/mol. The van der Waals surface area contributed by atoms with E-state index >= 15 is 0 Å². The smallest absolute Gasteiger partial charge is 0.311 e. The first-order valence-electron chi connectivity index (χ1n) is 3.92. The van der Waals surface area contributed by atoms with Crippen LogP contribution in [0.2, 0.25) is 5.02 Å². The van der Waals surface area contributed by atoms with E-state index < -0.39 is 4.92 Å². The molecule has 1 aromatic rings. The molecular weight excluding hydrogens is 208 g/mol. The normalized spacial score (nSPS) is 9.86. The molecule has 0 atom stereocenters. The molecule has 6 heteroatoms. The molecule has 0 unspecified atom stereocenters. The van der Waals surface area contributed by atoms with E-state index in [1.54, 1.807) is 0 Å². The minimum atomic E-state index is -0.526. The predicted octanol–water partition coefficient (Wildman–Crippen LogP) is 1.59. The van der Waals surface area contributed by atoms with Gasteiger partial charge in [0, 0.05) is 23.7 Å². The van der Waals surface area contributed by atoms with Crippen molar-refractivity contribution in [3.05, 3.63) is 33.3 Å². The number of nitrogens with two attached hydrogens (primary N) is 1. The van der Waals surface area contributed by atoms with Crippen LogP contribution < -0.4 is 10.5 Å². The van der Waals surface area contributed by atoms with E-state index in [0.717, 1.165) is 0 Å². The Kier molecular flexibility index (Phi) is 3.67. The molecule has 76 valence electrons. The maximum atomic E-state index is 10.5. The third-order valence-corrected chi connectivity index (χ3v) is 1.73. The lowest BCUT2D eigenvalue weighted by molar-refractivity contribution is -0.385. The molecule has 0 heterocycles. The van der Waals surface area contributed by atoms with Gasteiger partial charge in [-0.3, -0.25) is 10.1 Å². The topological polar surface area (TPSA) is 78.4 Å². The Hall–Kier alpha value is -1.33. The van der Waals surface area contributed by atoms with Crippen LogP contribution in [0.1, 0.15) is 0 Å². The Morgan fingerprint density at radius 2 is 2.29 bits per heavy atom. The quantitative estimate of drug-likeness (QED) is 0.612. The van der Waals surface area contributed by atoms with E-state index in [2.05, 4.69) is 0 Å². The van der Waals surface area contributed by atoms with E-state index in [0.29, 0.717) is 11.6 Å². The van der Waals surface area contributed by atoms with Gasteiger partial charge in [0.1, 0.15) is 6.61 Å². The monoisotopic (exact) mass is 216 g/mol. The first-order valence-corrected chi connectivity index (χ1v) is 4.29. The molecule has 0 aliphatic carbocycles. The van der Waals surface area contributed by atoms with Crippen molar-refractivity contribution in [2.75, 3.05) is 13.2 Å². The summed E-state index contributed by atoms with van der Waals surface area (Å²) >= 11 is 5.67. The highest BCUT2D eigenvalue weighted by atomic mass is 35.5. The van der Waals surface area contributed by atoms with E-state index in [1.165, 1.54) is 18.2 Å². The fourth-order valence-corrected chi connectivity index (χ4v) is 1.09. The zero-order valence-electron chi connectivity index (χ0n) is 7.27. The van der Waals surface area contributed by atoms with Gasteiger partial charge in [0.15, 0.2) is 5.75 Å². The van der Waals surface area contributed by atoms with Crippen LogP contribution in [-0.4, -0.2) is 18.1 Å². The van der Waals surface area contributed by atoms with Gasteiger partial charge in [0.05, 0.1) is 4.92 Å². The molecule has 5 nitrogen and oxygen atoms in total. The number of hydrogen-bond donors (Lipinski definition) is 1. The first-order chi connectivity index (χ1) is 6.65. The van der Waals surface area contributed by atoms with Crippen LogP contribution in [0, 0.1) is 10.1 Å². The lowest BCUT2D eigenvalue weighted by Crippen LogP contribution is -2.11. The average molecular weight is 217 g/mol. The highest BCUT2D eigenvalue weighted by Crippen LogP contribution is 2.29. The summed E-state index contributed by atoms with van der Waals surface area (Å²) in [6, 6.07) is 4.14. The molecule has 1 aromatic carbocycles. The number of nitro benzene ring substituents is 1. The molecule has 1 rings (SSSR count). The standard InChI is InChI=1S/C8H9ClN2O3/c9-6-1-2-7(11(12)13)8(5-6)14-4-3-10/h1-2,5H,3-4,10H2. The van der Waals surface area contributed by atoms with Gasteiger partial charge < -0.3 is 10.5 Å². The average Bonchev–Trinajstić information content (AvgIpc) is 2.14. The molecule has 0 fully saturated rings. The maximum absolute atomic E-state index is 10.5. The van der Waals surface area contributed by atoms with Crippen LogP contribution in [-0.2, 0) is 0 Å². The van der Waals surface area contributed by atoms with Crippen molar-refractivity contribution in [2.45, 2.75) is 0 Å². The minimum Gasteiger partial charge on any atom is -0.485 e. The molecule has 2 N–H and O–H groups in total. The summed E-state index contributed by atoms with van der Waals surface area (Å²) in [5, 5.41) is 10.9. The zero-order chi connectivity index (χ0) is 10.6. The summed E-state index contributed by atoms with van der Waals surface area (Å²) in [6.45, 7) is 0.519. The Labute approximate surface area is 85.6 Å². The van der Waals surface area contributed by atoms with E-state index in [-0.39, 0.29) is 18.0 Å². The van der Waals surface area contributed by atoms with E-state index in [9.17, 15) is 10.1 Å². The van der Waals surface area contributed by atoms with Crippen LogP contribution in [0.25, 0.3) is 0 Å². The molecular formula is C8H9ClN2O3. The van der Waals surface area contributed by atoms with Gasteiger partial charge in [0.2, 0.25) is 0 Å². The molecule has 0 aliphatic heterocycles. The van der Waals surface area contributed by atoms with Crippen LogP contribution in [0.5, 0.6) is 5.75 Å². The molecule has 0 saturated carbocycles. The number of rotatable bonds is 4. The van der Waals surface area contributed by atoms with Gasteiger partial charge in [-0.1, -0.05) is 11.6 Å². The SMILES string of the molecule is NCCOc1cc(Cl)ccc1[N+](=O)[O-]. The number of ether oxygens (including phenoxy) is 1. The molecule has 0 aromatic heterocycles. The van der Waals surface area contributed by atoms with Crippen molar-refractivity contribution in [1.29, 1.82) is 0 Å². The summed E-state index contributed by atoms with van der Waals surface area (Å²) in [5.41, 5.74) is 5.10. The van der Waals surface area contributed by atoms with Crippen LogP contribution in [0.15, 0.2) is 18.2 Å². The van der Waals surface area contributed by atoms with E-state index in [1.807, 2.05) is 0 Å². The van der Waals surface area contributed by atoms with Crippen LogP contribution in [0.3, 0.4) is 0 Å². The van der Waals surface area contributed by atoms with Gasteiger partial charge >= 0.3 is 5.69 Å². The van der Waals surface area contributed by atoms with Crippen LogP contribution >= 0.6 is 11.6 Å².